The number of non-ortho nitro benzene ring substituents is 1. The van der Waals surface area contributed by atoms with Gasteiger partial charge in [0.25, 0.3) is 5.69 Å². The highest BCUT2D eigenvalue weighted by Crippen LogP contribution is 2.32. The summed E-state index contributed by atoms with van der Waals surface area (Å²) in [7, 11) is 0. The van der Waals surface area contributed by atoms with E-state index in [9.17, 15) is 14.9 Å². The first-order chi connectivity index (χ1) is 9.19. The van der Waals surface area contributed by atoms with Gasteiger partial charge < -0.3 is 5.32 Å². The van der Waals surface area contributed by atoms with Gasteiger partial charge in [0.15, 0.2) is 0 Å². The standard InChI is InChI=1S/C13H10N2O3S/c16-9-14-10-6-11(15(17)18)8-13(7-10)19-12-4-2-1-3-5-12/h1-9H,(H,14,16). The summed E-state index contributed by atoms with van der Waals surface area (Å²) < 4.78 is 0. The van der Waals surface area contributed by atoms with E-state index < -0.39 is 4.92 Å². The second-order valence-electron chi connectivity index (χ2n) is 3.65. The number of benzene rings is 2. The SMILES string of the molecule is O=CNc1cc(Sc2ccccc2)cc([N+](=O)[O-])c1. The number of carbonyl (C=O) groups excluding carboxylic acids is 1. The molecule has 19 heavy (non-hydrogen) atoms. The van der Waals surface area contributed by atoms with Crippen LogP contribution in [0.4, 0.5) is 11.4 Å². The maximum Gasteiger partial charge on any atom is 0.272 e. The number of nitrogens with zero attached hydrogens (tertiary/aromatic N) is 1. The number of nitro benzene ring substituents is 1. The maximum absolute atomic E-state index is 10.8. The van der Waals surface area contributed by atoms with Crippen LogP contribution in [-0.2, 0) is 4.79 Å². The lowest BCUT2D eigenvalue weighted by molar-refractivity contribution is -0.385. The zero-order valence-corrected chi connectivity index (χ0v) is 10.6. The van der Waals surface area contributed by atoms with E-state index in [0.29, 0.717) is 17.0 Å². The molecule has 0 saturated carbocycles. The molecule has 5 nitrogen and oxygen atoms in total. The minimum atomic E-state index is -0.481. The van der Waals surface area contributed by atoms with Crippen LogP contribution in [0.15, 0.2) is 58.3 Å². The van der Waals surface area contributed by atoms with Gasteiger partial charge in [0.2, 0.25) is 6.41 Å². The number of nitro groups is 1. The lowest BCUT2D eigenvalue weighted by Crippen LogP contribution is -1.96. The molecule has 2 aromatic carbocycles. The smallest absolute Gasteiger partial charge is 0.272 e. The van der Waals surface area contributed by atoms with E-state index in [0.717, 1.165) is 4.90 Å². The molecule has 0 atom stereocenters. The average Bonchev–Trinajstić information content (AvgIpc) is 2.40. The molecule has 0 unspecified atom stereocenters. The first kappa shape index (κ1) is 13.1. The van der Waals surface area contributed by atoms with Crippen LogP contribution in [0.5, 0.6) is 0 Å². The van der Waals surface area contributed by atoms with Crippen molar-refractivity contribution in [3.63, 3.8) is 0 Å². The second-order valence-corrected chi connectivity index (χ2v) is 4.80. The highest BCUT2D eigenvalue weighted by Gasteiger charge is 2.10. The Kier molecular flexibility index (Phi) is 4.15. The third kappa shape index (κ3) is 3.56. The summed E-state index contributed by atoms with van der Waals surface area (Å²) >= 11 is 1.40. The van der Waals surface area contributed by atoms with E-state index >= 15 is 0 Å². The van der Waals surface area contributed by atoms with E-state index in [2.05, 4.69) is 5.32 Å². The molecular weight excluding hydrogens is 264 g/mol. The van der Waals surface area contributed by atoms with Crippen molar-refractivity contribution >= 4 is 29.5 Å². The number of anilines is 1. The van der Waals surface area contributed by atoms with Crippen LogP contribution >= 0.6 is 11.8 Å². The fourth-order valence-corrected chi connectivity index (χ4v) is 2.45. The molecule has 1 N–H and O–H groups in total. The highest BCUT2D eigenvalue weighted by atomic mass is 32.2. The summed E-state index contributed by atoms with van der Waals surface area (Å²) in [6.07, 6.45) is 0.496. The number of nitrogens with one attached hydrogen (secondary N) is 1. The molecule has 1 amide bonds. The van der Waals surface area contributed by atoms with E-state index in [1.165, 1.54) is 23.9 Å². The van der Waals surface area contributed by atoms with Crippen molar-refractivity contribution in [3.05, 3.63) is 58.6 Å². The third-order valence-corrected chi connectivity index (χ3v) is 3.29. The summed E-state index contributed by atoms with van der Waals surface area (Å²) in [5, 5.41) is 13.3. The van der Waals surface area contributed by atoms with E-state index in [4.69, 9.17) is 0 Å². The van der Waals surface area contributed by atoms with Crippen molar-refractivity contribution in [1.29, 1.82) is 0 Å². The van der Waals surface area contributed by atoms with Crippen LogP contribution in [0.2, 0.25) is 0 Å². The van der Waals surface area contributed by atoms with Gasteiger partial charge in [-0.2, -0.15) is 0 Å². The first-order valence-electron chi connectivity index (χ1n) is 5.41. The summed E-state index contributed by atoms with van der Waals surface area (Å²) in [5.41, 5.74) is 0.355. The normalized spacial score (nSPS) is 9.89. The van der Waals surface area contributed by atoms with Gasteiger partial charge in [0.05, 0.1) is 4.92 Å². The van der Waals surface area contributed by atoms with Crippen LogP contribution < -0.4 is 5.32 Å². The van der Waals surface area contributed by atoms with Gasteiger partial charge in [0, 0.05) is 27.6 Å². The minimum Gasteiger partial charge on any atom is -0.328 e. The van der Waals surface area contributed by atoms with Gasteiger partial charge in [-0.3, -0.25) is 14.9 Å². The fraction of sp³-hybridized carbons (Fsp3) is 0. The predicted octanol–water partition coefficient (Wildman–Crippen LogP) is 3.31. The van der Waals surface area contributed by atoms with Gasteiger partial charge in [0.1, 0.15) is 0 Å². The maximum atomic E-state index is 10.8. The zero-order valence-electron chi connectivity index (χ0n) is 9.78. The Labute approximate surface area is 113 Å². The van der Waals surface area contributed by atoms with Crippen LogP contribution in [0.25, 0.3) is 0 Å². The Balaban J connectivity index is 2.33. The van der Waals surface area contributed by atoms with Crippen LogP contribution in [0.3, 0.4) is 0 Å². The van der Waals surface area contributed by atoms with Crippen molar-refractivity contribution in [2.45, 2.75) is 9.79 Å². The predicted molar refractivity (Wildman–Crippen MR) is 73.3 cm³/mol. The van der Waals surface area contributed by atoms with Gasteiger partial charge in [-0.15, -0.1) is 0 Å². The molecule has 2 aromatic rings. The molecule has 0 aliphatic carbocycles. The van der Waals surface area contributed by atoms with Crippen LogP contribution in [0.1, 0.15) is 0 Å². The van der Waals surface area contributed by atoms with Gasteiger partial charge >= 0.3 is 0 Å². The van der Waals surface area contributed by atoms with E-state index in [1.807, 2.05) is 30.3 Å². The quantitative estimate of drug-likeness (QED) is 0.515. The average molecular weight is 274 g/mol. The lowest BCUT2D eigenvalue weighted by atomic mass is 10.3. The summed E-state index contributed by atoms with van der Waals surface area (Å²) in [5.74, 6) is 0. The number of hydrogen-bond acceptors (Lipinski definition) is 4. The Bertz CT molecular complexity index is 602. The van der Waals surface area contributed by atoms with Crippen LogP contribution in [-0.4, -0.2) is 11.3 Å². The van der Waals surface area contributed by atoms with E-state index in [1.54, 1.807) is 6.07 Å². The van der Waals surface area contributed by atoms with Crippen molar-refractivity contribution in [2.75, 3.05) is 5.32 Å². The molecule has 6 heteroatoms. The molecule has 0 aliphatic heterocycles. The second kappa shape index (κ2) is 6.01. The lowest BCUT2D eigenvalue weighted by Gasteiger charge is -2.05. The van der Waals surface area contributed by atoms with E-state index in [-0.39, 0.29) is 5.69 Å². The van der Waals surface area contributed by atoms with Gasteiger partial charge in [-0.05, 0) is 18.2 Å². The summed E-state index contributed by atoms with van der Waals surface area (Å²) in [6, 6.07) is 14.0. The largest absolute Gasteiger partial charge is 0.328 e. The topological polar surface area (TPSA) is 72.2 Å². The highest BCUT2D eigenvalue weighted by molar-refractivity contribution is 7.99. The Morgan fingerprint density at radius 2 is 1.84 bits per heavy atom. The zero-order chi connectivity index (χ0) is 13.7. The summed E-state index contributed by atoms with van der Waals surface area (Å²) in [4.78, 5) is 22.5. The molecule has 96 valence electrons. The molecule has 2 rings (SSSR count). The molecule has 0 aliphatic rings. The molecule has 0 saturated heterocycles. The van der Waals surface area contributed by atoms with Gasteiger partial charge in [-0.1, -0.05) is 30.0 Å². The van der Waals surface area contributed by atoms with Crippen LogP contribution in [0, 0.1) is 10.1 Å². The Morgan fingerprint density at radius 3 is 2.47 bits per heavy atom. The Hall–Kier alpha value is -2.34. The van der Waals surface area contributed by atoms with Gasteiger partial charge in [-0.25, -0.2) is 0 Å². The molecule has 0 fully saturated rings. The van der Waals surface area contributed by atoms with Crippen molar-refractivity contribution in [3.8, 4) is 0 Å². The monoisotopic (exact) mass is 274 g/mol. The molecule has 0 radical (unpaired) electrons. The minimum absolute atomic E-state index is 0.0507. The summed E-state index contributed by atoms with van der Waals surface area (Å²) in [6.45, 7) is 0. The molecule has 0 spiro atoms. The van der Waals surface area contributed by atoms with Crippen molar-refractivity contribution in [2.24, 2.45) is 0 Å². The third-order valence-electron chi connectivity index (χ3n) is 2.31. The number of carbonyl (C=O) groups is 1. The molecule has 0 heterocycles. The molecule has 0 bridgehead atoms. The Morgan fingerprint density at radius 1 is 1.11 bits per heavy atom. The van der Waals surface area contributed by atoms with Crippen molar-refractivity contribution < 1.29 is 9.72 Å². The molecule has 0 aromatic heterocycles. The number of rotatable bonds is 5. The fourth-order valence-electron chi connectivity index (χ4n) is 1.52. The number of hydrogen-bond donors (Lipinski definition) is 1. The number of amides is 1. The molecular formula is C13H10N2O3S. The van der Waals surface area contributed by atoms with Crippen molar-refractivity contribution in [1.82, 2.24) is 0 Å². The first-order valence-corrected chi connectivity index (χ1v) is 6.23.